The second-order valence-electron chi connectivity index (χ2n) is 11.9. The maximum Gasteiger partial charge on any atom is 0.243 e. The largest absolute Gasteiger partial charge is 0.352 e. The zero-order valence-corrected chi connectivity index (χ0v) is 26.8. The van der Waals surface area contributed by atoms with Crippen molar-refractivity contribution in [2.24, 2.45) is 0 Å². The molecule has 7 nitrogen and oxygen atoms in total. The van der Waals surface area contributed by atoms with Crippen LogP contribution in [0.3, 0.4) is 0 Å². The molecule has 0 aliphatic heterocycles. The Balaban J connectivity index is 1.60. The smallest absolute Gasteiger partial charge is 0.243 e. The molecule has 0 aromatic heterocycles. The molecule has 0 radical (unpaired) electrons. The minimum Gasteiger partial charge on any atom is -0.352 e. The third kappa shape index (κ3) is 9.39. The number of carbonyl (C=O) groups is 2. The first-order valence-corrected chi connectivity index (χ1v) is 17.3. The van der Waals surface area contributed by atoms with E-state index in [1.165, 1.54) is 15.3 Å². The minimum absolute atomic E-state index is 0.00668. The number of anilines is 1. The number of rotatable bonds is 13. The summed E-state index contributed by atoms with van der Waals surface area (Å²) < 4.78 is 41.8. The number of hydrogen-bond acceptors (Lipinski definition) is 4. The lowest BCUT2D eigenvalue weighted by Gasteiger charge is -2.34. The fraction of sp³-hybridized carbons (Fsp3) is 0.429. The van der Waals surface area contributed by atoms with E-state index in [1.807, 2.05) is 62.4 Å². The number of carbonyl (C=O) groups excluding carboxylic acids is 2. The van der Waals surface area contributed by atoms with Gasteiger partial charge in [0.25, 0.3) is 0 Å². The Hall–Kier alpha value is -3.72. The average molecular weight is 622 g/mol. The maximum atomic E-state index is 14.9. The number of halogens is 1. The topological polar surface area (TPSA) is 86.8 Å². The number of sulfonamides is 1. The first-order valence-electron chi connectivity index (χ1n) is 15.4. The highest BCUT2D eigenvalue weighted by atomic mass is 32.2. The average Bonchev–Trinajstić information content (AvgIpc) is 2.97. The molecule has 3 aromatic carbocycles. The van der Waals surface area contributed by atoms with Crippen LogP contribution in [0.1, 0.15) is 67.2 Å². The number of nitrogens with zero attached hydrogens (tertiary/aromatic N) is 2. The molecule has 4 rings (SSSR count). The molecule has 44 heavy (non-hydrogen) atoms. The molecule has 0 spiro atoms. The van der Waals surface area contributed by atoms with E-state index in [-0.39, 0.29) is 50.2 Å². The summed E-state index contributed by atoms with van der Waals surface area (Å²) in [4.78, 5) is 29.4. The summed E-state index contributed by atoms with van der Waals surface area (Å²) in [6.45, 7) is 3.84. The van der Waals surface area contributed by atoms with Crippen molar-refractivity contribution in [3.05, 3.63) is 101 Å². The summed E-state index contributed by atoms with van der Waals surface area (Å²) in [6.07, 6.45) is 6.68. The van der Waals surface area contributed by atoms with Gasteiger partial charge in [-0.25, -0.2) is 12.8 Å². The van der Waals surface area contributed by atoms with Gasteiger partial charge in [0, 0.05) is 37.5 Å². The van der Waals surface area contributed by atoms with Gasteiger partial charge in [-0.05, 0) is 68.0 Å². The normalized spacial score (nSPS) is 14.5. The van der Waals surface area contributed by atoms with Gasteiger partial charge in [0.1, 0.15) is 11.9 Å². The van der Waals surface area contributed by atoms with Gasteiger partial charge in [-0.2, -0.15) is 0 Å². The lowest BCUT2D eigenvalue weighted by atomic mass is 9.94. The predicted molar refractivity (Wildman–Crippen MR) is 173 cm³/mol. The van der Waals surface area contributed by atoms with Crippen LogP contribution < -0.4 is 9.62 Å². The van der Waals surface area contributed by atoms with E-state index >= 15 is 0 Å². The van der Waals surface area contributed by atoms with Crippen molar-refractivity contribution in [2.45, 2.75) is 83.8 Å². The Kier molecular flexibility index (Phi) is 11.6. The Morgan fingerprint density at radius 2 is 1.57 bits per heavy atom. The molecule has 1 saturated carbocycles. The minimum atomic E-state index is -3.62. The Morgan fingerprint density at radius 3 is 2.20 bits per heavy atom. The first kappa shape index (κ1) is 33.2. The molecule has 1 N–H and O–H groups in total. The molecule has 0 bridgehead atoms. The number of nitrogens with one attached hydrogen (secondary N) is 1. The van der Waals surface area contributed by atoms with Crippen molar-refractivity contribution in [3.8, 4) is 0 Å². The molecular weight excluding hydrogens is 577 g/mol. The quantitative estimate of drug-likeness (QED) is 0.251. The van der Waals surface area contributed by atoms with E-state index < -0.39 is 21.9 Å². The van der Waals surface area contributed by atoms with Crippen molar-refractivity contribution in [2.75, 3.05) is 17.1 Å². The van der Waals surface area contributed by atoms with E-state index in [2.05, 4.69) is 5.32 Å². The molecule has 9 heteroatoms. The lowest BCUT2D eigenvalue weighted by molar-refractivity contribution is -0.141. The van der Waals surface area contributed by atoms with Crippen LogP contribution in [0.5, 0.6) is 0 Å². The number of aryl methyl sites for hydroxylation is 2. The fourth-order valence-electron chi connectivity index (χ4n) is 6.01. The molecule has 1 fully saturated rings. The zero-order valence-electron chi connectivity index (χ0n) is 26.0. The molecule has 236 valence electrons. The van der Waals surface area contributed by atoms with E-state index in [0.29, 0.717) is 11.3 Å². The standard InChI is InChI=1S/C35H44FN3O4S/c1-26-21-27(2)23-31(22-26)39(44(3,42)43)20-12-19-34(40)38(25-29-15-10-11-18-32(29)36)33(24-28-13-6-4-7-14-28)35(41)37-30-16-8-5-9-17-30/h4,6-7,10-11,13-15,18,21-23,30,33H,5,8-9,12,16-17,19-20,24-25H2,1-3H3,(H,37,41)/t33-/m1/s1. The van der Waals surface area contributed by atoms with Crippen molar-refractivity contribution in [3.63, 3.8) is 0 Å². The van der Waals surface area contributed by atoms with Crippen molar-refractivity contribution in [1.82, 2.24) is 10.2 Å². The number of amides is 2. The van der Waals surface area contributed by atoms with Crippen LogP contribution in [0.4, 0.5) is 10.1 Å². The summed E-state index contributed by atoms with van der Waals surface area (Å²) in [7, 11) is -3.62. The van der Waals surface area contributed by atoms with E-state index in [4.69, 9.17) is 0 Å². The molecule has 1 aliphatic carbocycles. The summed E-state index contributed by atoms with van der Waals surface area (Å²) >= 11 is 0. The maximum absolute atomic E-state index is 14.9. The van der Waals surface area contributed by atoms with Gasteiger partial charge >= 0.3 is 0 Å². The Morgan fingerprint density at radius 1 is 0.932 bits per heavy atom. The van der Waals surface area contributed by atoms with Gasteiger partial charge < -0.3 is 10.2 Å². The van der Waals surface area contributed by atoms with Gasteiger partial charge in [0.2, 0.25) is 21.8 Å². The molecular formula is C35H44FN3O4S. The number of benzene rings is 3. The highest BCUT2D eigenvalue weighted by Gasteiger charge is 2.32. The second kappa shape index (κ2) is 15.3. The van der Waals surface area contributed by atoms with Crippen LogP contribution in [0.2, 0.25) is 0 Å². The third-order valence-electron chi connectivity index (χ3n) is 8.17. The molecule has 0 saturated heterocycles. The predicted octanol–water partition coefficient (Wildman–Crippen LogP) is 6.08. The van der Waals surface area contributed by atoms with Crippen LogP contribution >= 0.6 is 0 Å². The van der Waals surface area contributed by atoms with Gasteiger partial charge in [0.15, 0.2) is 0 Å². The van der Waals surface area contributed by atoms with Crippen molar-refractivity contribution >= 4 is 27.5 Å². The van der Waals surface area contributed by atoms with E-state index in [9.17, 15) is 22.4 Å². The zero-order chi connectivity index (χ0) is 31.7. The molecule has 2 amide bonds. The first-order chi connectivity index (χ1) is 21.0. The molecule has 0 unspecified atom stereocenters. The summed E-state index contributed by atoms with van der Waals surface area (Å²) in [6, 6.07) is 20.6. The van der Waals surface area contributed by atoms with E-state index in [1.54, 1.807) is 18.2 Å². The van der Waals surface area contributed by atoms with Gasteiger partial charge in [-0.3, -0.25) is 13.9 Å². The van der Waals surface area contributed by atoms with Crippen molar-refractivity contribution in [1.29, 1.82) is 0 Å². The highest BCUT2D eigenvalue weighted by Crippen LogP contribution is 2.24. The van der Waals surface area contributed by atoms with Gasteiger partial charge in [-0.15, -0.1) is 0 Å². The number of hydrogen-bond donors (Lipinski definition) is 1. The molecule has 3 aromatic rings. The second-order valence-corrected chi connectivity index (χ2v) is 13.9. The summed E-state index contributed by atoms with van der Waals surface area (Å²) in [5, 5.41) is 3.19. The van der Waals surface area contributed by atoms with Crippen LogP contribution in [-0.4, -0.2) is 50.0 Å². The molecule has 1 atom stereocenters. The van der Waals surface area contributed by atoms with Gasteiger partial charge in [0.05, 0.1) is 11.9 Å². The SMILES string of the molecule is Cc1cc(C)cc(N(CCCC(=O)N(Cc2ccccc2F)[C@H](Cc2ccccc2)C(=O)NC2CCCCC2)S(C)(=O)=O)c1. The Bertz CT molecular complexity index is 1500. The summed E-state index contributed by atoms with van der Waals surface area (Å²) in [5.41, 5.74) is 3.63. The van der Waals surface area contributed by atoms with Crippen LogP contribution in [0, 0.1) is 19.7 Å². The fourth-order valence-corrected chi connectivity index (χ4v) is 6.96. The highest BCUT2D eigenvalue weighted by molar-refractivity contribution is 7.92. The van der Waals surface area contributed by atoms with Crippen LogP contribution in [0.15, 0.2) is 72.8 Å². The summed E-state index contributed by atoms with van der Waals surface area (Å²) in [5.74, 6) is -1.03. The molecule has 0 heterocycles. The van der Waals surface area contributed by atoms with E-state index in [0.717, 1.165) is 55.1 Å². The Labute approximate surface area is 261 Å². The van der Waals surface area contributed by atoms with Crippen molar-refractivity contribution < 1.29 is 22.4 Å². The molecule has 1 aliphatic rings. The third-order valence-corrected chi connectivity index (χ3v) is 9.36. The lowest BCUT2D eigenvalue weighted by Crippen LogP contribution is -2.53. The van der Waals surface area contributed by atoms with Gasteiger partial charge in [-0.1, -0.05) is 73.9 Å². The van der Waals surface area contributed by atoms with Crippen LogP contribution in [-0.2, 0) is 32.6 Å². The van der Waals surface area contributed by atoms with Crippen LogP contribution in [0.25, 0.3) is 0 Å². The monoisotopic (exact) mass is 621 g/mol.